The average molecular weight is 413 g/mol. The third-order valence-corrected chi connectivity index (χ3v) is 5.54. The number of ether oxygens (including phenoxy) is 2. The first-order valence-electron chi connectivity index (χ1n) is 9.16. The average Bonchev–Trinajstić information content (AvgIpc) is 3.07. The molecule has 2 aromatic carbocycles. The van der Waals surface area contributed by atoms with E-state index in [4.69, 9.17) is 9.47 Å². The van der Waals surface area contributed by atoms with Gasteiger partial charge in [-0.25, -0.2) is 0 Å². The molecule has 1 amide bonds. The molecule has 152 valence electrons. The van der Waals surface area contributed by atoms with Crippen LogP contribution < -0.4 is 14.8 Å². The largest absolute Gasteiger partial charge is 0.497 e. The van der Waals surface area contributed by atoms with Gasteiger partial charge in [0.2, 0.25) is 5.91 Å². The van der Waals surface area contributed by atoms with Gasteiger partial charge in [-0.05, 0) is 49.7 Å². The number of thioether (sulfide) groups is 1. The molecule has 0 radical (unpaired) electrons. The monoisotopic (exact) mass is 412 g/mol. The van der Waals surface area contributed by atoms with Crippen LogP contribution in [0.25, 0.3) is 0 Å². The van der Waals surface area contributed by atoms with Crippen molar-refractivity contribution in [3.8, 4) is 11.5 Å². The molecule has 0 aliphatic rings. The number of nitrogens with one attached hydrogen (secondary N) is 1. The second-order valence-electron chi connectivity index (χ2n) is 6.49. The summed E-state index contributed by atoms with van der Waals surface area (Å²) in [4.78, 5) is 12.5. The Morgan fingerprint density at radius 2 is 1.83 bits per heavy atom. The van der Waals surface area contributed by atoms with Crippen LogP contribution in [0.1, 0.15) is 18.3 Å². The Morgan fingerprint density at radius 1 is 1.14 bits per heavy atom. The van der Waals surface area contributed by atoms with Gasteiger partial charge in [0.25, 0.3) is 0 Å². The molecule has 0 unspecified atom stereocenters. The van der Waals surface area contributed by atoms with Crippen LogP contribution in [-0.2, 0) is 18.4 Å². The Bertz CT molecular complexity index is 972. The molecular weight excluding hydrogens is 388 g/mol. The molecule has 1 atom stereocenters. The third kappa shape index (κ3) is 5.29. The maximum absolute atomic E-state index is 12.5. The lowest BCUT2D eigenvalue weighted by atomic mass is 10.2. The molecule has 0 aliphatic carbocycles. The van der Waals surface area contributed by atoms with Crippen LogP contribution in [-0.4, -0.2) is 33.0 Å². The van der Waals surface area contributed by atoms with Crippen molar-refractivity contribution in [2.24, 2.45) is 7.05 Å². The van der Waals surface area contributed by atoms with E-state index >= 15 is 0 Å². The SMILES string of the molecule is COc1ccc(OCc2nnc(S[C@@H](C)C(=O)Nc3ccccc3C)n2C)cc1. The number of methoxy groups -OCH3 is 1. The van der Waals surface area contributed by atoms with Gasteiger partial charge in [-0.1, -0.05) is 30.0 Å². The second-order valence-corrected chi connectivity index (χ2v) is 7.79. The highest BCUT2D eigenvalue weighted by atomic mass is 32.2. The number of anilines is 1. The van der Waals surface area contributed by atoms with E-state index in [1.54, 1.807) is 7.11 Å². The number of nitrogens with zero attached hydrogens (tertiary/aromatic N) is 3. The zero-order valence-corrected chi connectivity index (χ0v) is 17.7. The first-order valence-corrected chi connectivity index (χ1v) is 10.0. The Hall–Kier alpha value is -3.00. The molecule has 0 fully saturated rings. The lowest BCUT2D eigenvalue weighted by Gasteiger charge is -2.13. The molecule has 1 N–H and O–H groups in total. The molecule has 0 saturated heterocycles. The van der Waals surface area contributed by atoms with E-state index in [9.17, 15) is 4.79 Å². The summed E-state index contributed by atoms with van der Waals surface area (Å²) in [6.45, 7) is 4.09. The molecule has 3 rings (SSSR count). The highest BCUT2D eigenvalue weighted by Crippen LogP contribution is 2.24. The van der Waals surface area contributed by atoms with Crippen molar-refractivity contribution < 1.29 is 14.3 Å². The summed E-state index contributed by atoms with van der Waals surface area (Å²) in [6.07, 6.45) is 0. The smallest absolute Gasteiger partial charge is 0.237 e. The zero-order valence-electron chi connectivity index (χ0n) is 16.9. The normalized spacial score (nSPS) is 11.7. The van der Waals surface area contributed by atoms with Crippen molar-refractivity contribution in [1.29, 1.82) is 0 Å². The molecule has 0 aliphatic heterocycles. The predicted octanol–water partition coefficient (Wildman–Crippen LogP) is 3.83. The van der Waals surface area contributed by atoms with E-state index in [1.165, 1.54) is 11.8 Å². The number of benzene rings is 2. The predicted molar refractivity (Wildman–Crippen MR) is 113 cm³/mol. The molecule has 0 saturated carbocycles. The standard InChI is InChI=1S/C21H24N4O3S/c1-14-7-5-6-8-18(14)22-20(26)15(2)29-21-24-23-19(25(21)3)13-28-17-11-9-16(27-4)10-12-17/h5-12,15H,13H2,1-4H3,(H,22,26)/t15-/m0/s1. The molecule has 1 heterocycles. The van der Waals surface area contributed by atoms with Crippen LogP contribution in [0.15, 0.2) is 53.7 Å². The van der Waals surface area contributed by atoms with Crippen LogP contribution in [0.5, 0.6) is 11.5 Å². The lowest BCUT2D eigenvalue weighted by molar-refractivity contribution is -0.115. The first-order chi connectivity index (χ1) is 14.0. The van der Waals surface area contributed by atoms with E-state index < -0.39 is 0 Å². The van der Waals surface area contributed by atoms with Crippen molar-refractivity contribution in [3.05, 3.63) is 59.9 Å². The summed E-state index contributed by atoms with van der Waals surface area (Å²) in [6, 6.07) is 15.0. The summed E-state index contributed by atoms with van der Waals surface area (Å²) in [5, 5.41) is 11.7. The Morgan fingerprint density at radius 3 is 2.52 bits per heavy atom. The molecule has 1 aromatic heterocycles. The number of rotatable bonds is 8. The third-order valence-electron chi connectivity index (χ3n) is 4.41. The van der Waals surface area contributed by atoms with Crippen LogP contribution in [0.3, 0.4) is 0 Å². The van der Waals surface area contributed by atoms with Gasteiger partial charge in [0.15, 0.2) is 11.0 Å². The Balaban J connectivity index is 1.58. The molecule has 3 aromatic rings. The quantitative estimate of drug-likeness (QED) is 0.567. The molecule has 0 bridgehead atoms. The molecule has 29 heavy (non-hydrogen) atoms. The first kappa shape index (κ1) is 20.7. The maximum Gasteiger partial charge on any atom is 0.237 e. The number of hydrogen-bond donors (Lipinski definition) is 1. The summed E-state index contributed by atoms with van der Waals surface area (Å²) >= 11 is 1.36. The Labute approximate surface area is 174 Å². The number of carbonyl (C=O) groups is 1. The topological polar surface area (TPSA) is 78.3 Å². The van der Waals surface area contributed by atoms with Crippen LogP contribution in [0.4, 0.5) is 5.69 Å². The van der Waals surface area contributed by atoms with Crippen molar-refractivity contribution in [2.75, 3.05) is 12.4 Å². The van der Waals surface area contributed by atoms with Gasteiger partial charge < -0.3 is 19.4 Å². The second kappa shape index (κ2) is 9.47. The summed E-state index contributed by atoms with van der Waals surface area (Å²) in [5.74, 6) is 2.08. The van der Waals surface area contributed by atoms with Crippen molar-refractivity contribution in [2.45, 2.75) is 30.9 Å². The van der Waals surface area contributed by atoms with Gasteiger partial charge in [0.05, 0.1) is 12.4 Å². The number of aromatic nitrogens is 3. The fourth-order valence-corrected chi connectivity index (χ4v) is 3.39. The van der Waals surface area contributed by atoms with Crippen molar-refractivity contribution in [3.63, 3.8) is 0 Å². The lowest BCUT2D eigenvalue weighted by Crippen LogP contribution is -2.23. The summed E-state index contributed by atoms with van der Waals surface area (Å²) in [7, 11) is 3.48. The number of hydrogen-bond acceptors (Lipinski definition) is 6. The highest BCUT2D eigenvalue weighted by molar-refractivity contribution is 8.00. The van der Waals surface area contributed by atoms with E-state index in [1.807, 2.05) is 74.0 Å². The van der Waals surface area contributed by atoms with Gasteiger partial charge in [0, 0.05) is 12.7 Å². The highest BCUT2D eigenvalue weighted by Gasteiger charge is 2.19. The van der Waals surface area contributed by atoms with Gasteiger partial charge >= 0.3 is 0 Å². The van der Waals surface area contributed by atoms with E-state index in [-0.39, 0.29) is 17.8 Å². The van der Waals surface area contributed by atoms with Gasteiger partial charge in [-0.15, -0.1) is 10.2 Å². The minimum Gasteiger partial charge on any atom is -0.497 e. The number of para-hydroxylation sites is 1. The van der Waals surface area contributed by atoms with Gasteiger partial charge in [-0.2, -0.15) is 0 Å². The molecule has 7 nitrogen and oxygen atoms in total. The minimum absolute atomic E-state index is 0.0802. The van der Waals surface area contributed by atoms with Crippen molar-refractivity contribution >= 4 is 23.4 Å². The molecule has 8 heteroatoms. The van der Waals surface area contributed by atoms with Crippen molar-refractivity contribution in [1.82, 2.24) is 14.8 Å². The van der Waals surface area contributed by atoms with Gasteiger partial charge in [0.1, 0.15) is 18.1 Å². The van der Waals surface area contributed by atoms with Crippen LogP contribution in [0.2, 0.25) is 0 Å². The maximum atomic E-state index is 12.5. The number of aryl methyl sites for hydroxylation is 1. The summed E-state index contributed by atoms with van der Waals surface area (Å²) in [5.41, 5.74) is 1.84. The van der Waals surface area contributed by atoms with E-state index in [0.29, 0.717) is 16.7 Å². The molecular formula is C21H24N4O3S. The van der Waals surface area contributed by atoms with E-state index in [2.05, 4.69) is 15.5 Å². The Kier molecular flexibility index (Phi) is 6.77. The van der Waals surface area contributed by atoms with Crippen LogP contribution >= 0.6 is 11.8 Å². The minimum atomic E-state index is -0.326. The number of carbonyl (C=O) groups excluding carboxylic acids is 1. The number of amides is 1. The zero-order chi connectivity index (χ0) is 20.8. The fraction of sp³-hybridized carbons (Fsp3) is 0.286. The van der Waals surface area contributed by atoms with Gasteiger partial charge in [-0.3, -0.25) is 4.79 Å². The summed E-state index contributed by atoms with van der Waals surface area (Å²) < 4.78 is 12.7. The van der Waals surface area contributed by atoms with Crippen LogP contribution in [0, 0.1) is 6.92 Å². The molecule has 0 spiro atoms. The fourth-order valence-electron chi connectivity index (χ4n) is 2.55. The van der Waals surface area contributed by atoms with E-state index in [0.717, 1.165) is 17.0 Å².